The first kappa shape index (κ1) is 16.7. The number of ether oxygens (including phenoxy) is 1. The van der Waals surface area contributed by atoms with Gasteiger partial charge in [0.1, 0.15) is 15.3 Å². The summed E-state index contributed by atoms with van der Waals surface area (Å²) >= 11 is 12.3. The summed E-state index contributed by atoms with van der Waals surface area (Å²) in [6.45, 7) is 0.109. The van der Waals surface area contributed by atoms with Gasteiger partial charge in [0.2, 0.25) is 10.0 Å². The van der Waals surface area contributed by atoms with Crippen molar-refractivity contribution >= 4 is 50.5 Å². The van der Waals surface area contributed by atoms with Crippen LogP contribution in [-0.2, 0) is 19.6 Å². The predicted octanol–water partition coefficient (Wildman–Crippen LogP) is 1.82. The fourth-order valence-electron chi connectivity index (χ4n) is 1.23. The maximum absolute atomic E-state index is 12.0. The fourth-order valence-corrected chi connectivity index (χ4v) is 4.60. The Bertz CT molecular complexity index is 557. The molecular weight excluding hydrogens is 337 g/mol. The van der Waals surface area contributed by atoms with E-state index < -0.39 is 22.0 Å². The second kappa shape index (κ2) is 6.87. The van der Waals surface area contributed by atoms with E-state index in [0.717, 1.165) is 11.3 Å². The van der Waals surface area contributed by atoms with Gasteiger partial charge in [0.15, 0.2) is 0 Å². The zero-order valence-electron chi connectivity index (χ0n) is 9.72. The van der Waals surface area contributed by atoms with Crippen LogP contribution in [-0.4, -0.2) is 39.3 Å². The molecule has 0 aromatic carbocycles. The Morgan fingerprint density at radius 2 is 2.21 bits per heavy atom. The highest BCUT2D eigenvalue weighted by molar-refractivity contribution is 7.89. The Morgan fingerprint density at radius 3 is 2.63 bits per heavy atom. The summed E-state index contributed by atoms with van der Waals surface area (Å²) in [7, 11) is -2.65. The van der Waals surface area contributed by atoms with E-state index in [-0.39, 0.29) is 26.6 Å². The number of carboxylic acid groups (broad SMARTS) is 1. The topological polar surface area (TPSA) is 92.7 Å². The Morgan fingerprint density at radius 1 is 1.58 bits per heavy atom. The summed E-state index contributed by atoms with van der Waals surface area (Å²) in [4.78, 5) is 10.7. The number of methoxy groups -OCH3 is 1. The lowest BCUT2D eigenvalue weighted by atomic mass is 10.2. The zero-order valence-corrected chi connectivity index (χ0v) is 12.9. The van der Waals surface area contributed by atoms with Gasteiger partial charge in [-0.2, -0.15) is 4.72 Å². The molecule has 19 heavy (non-hydrogen) atoms. The molecule has 0 bridgehead atoms. The van der Waals surface area contributed by atoms with Crippen LogP contribution in [0.3, 0.4) is 0 Å². The zero-order chi connectivity index (χ0) is 14.6. The van der Waals surface area contributed by atoms with Gasteiger partial charge in [0.25, 0.3) is 0 Å². The van der Waals surface area contributed by atoms with Crippen LogP contribution in [0.4, 0.5) is 0 Å². The van der Waals surface area contributed by atoms with Crippen molar-refractivity contribution in [3.63, 3.8) is 0 Å². The van der Waals surface area contributed by atoms with E-state index in [1.165, 1.54) is 13.2 Å². The van der Waals surface area contributed by atoms with Crippen LogP contribution in [0, 0.1) is 0 Å². The van der Waals surface area contributed by atoms with Gasteiger partial charge in [0.05, 0.1) is 4.34 Å². The van der Waals surface area contributed by atoms with Crippen LogP contribution in [0.25, 0.3) is 0 Å². The third-order valence-corrected chi connectivity index (χ3v) is 5.35. The Labute approximate surface area is 124 Å². The van der Waals surface area contributed by atoms with Crippen molar-refractivity contribution < 1.29 is 23.1 Å². The number of rotatable bonds is 7. The molecule has 1 heterocycles. The molecule has 0 aliphatic rings. The van der Waals surface area contributed by atoms with E-state index >= 15 is 0 Å². The van der Waals surface area contributed by atoms with Gasteiger partial charge >= 0.3 is 5.97 Å². The molecule has 1 aromatic rings. The molecule has 6 nitrogen and oxygen atoms in total. The first-order chi connectivity index (χ1) is 8.77. The summed E-state index contributed by atoms with van der Waals surface area (Å²) < 4.78 is 30.9. The van der Waals surface area contributed by atoms with Crippen molar-refractivity contribution in [3.8, 4) is 0 Å². The number of nitrogens with one attached hydrogen (secondary N) is 1. The number of halogens is 2. The normalized spacial score (nSPS) is 13.4. The SMILES string of the molecule is COCCC(NS(=O)(=O)c1cc(Cl)sc1Cl)C(=O)O. The molecule has 0 saturated carbocycles. The van der Waals surface area contributed by atoms with E-state index in [2.05, 4.69) is 4.72 Å². The first-order valence-electron chi connectivity index (χ1n) is 4.97. The Hall–Kier alpha value is -0.380. The van der Waals surface area contributed by atoms with Crippen LogP contribution in [0.15, 0.2) is 11.0 Å². The average Bonchev–Trinajstić information content (AvgIpc) is 2.64. The molecule has 0 radical (unpaired) electrons. The van der Waals surface area contributed by atoms with E-state index in [4.69, 9.17) is 33.0 Å². The number of hydrogen-bond acceptors (Lipinski definition) is 5. The van der Waals surface area contributed by atoms with Gasteiger partial charge in [-0.05, 0) is 12.5 Å². The largest absolute Gasteiger partial charge is 0.480 e. The fraction of sp³-hybridized carbons (Fsp3) is 0.444. The van der Waals surface area contributed by atoms with Crippen LogP contribution < -0.4 is 4.72 Å². The number of thiophene rings is 1. The van der Waals surface area contributed by atoms with Crippen LogP contribution in [0.1, 0.15) is 6.42 Å². The van der Waals surface area contributed by atoms with Crippen molar-refractivity contribution in [2.45, 2.75) is 17.4 Å². The average molecular weight is 348 g/mol. The van der Waals surface area contributed by atoms with Crippen molar-refractivity contribution in [2.24, 2.45) is 0 Å². The molecule has 1 unspecified atom stereocenters. The van der Waals surface area contributed by atoms with E-state index in [0.29, 0.717) is 0 Å². The second-order valence-corrected chi connectivity index (χ2v) is 7.45. The third-order valence-electron chi connectivity index (χ3n) is 2.12. The monoisotopic (exact) mass is 347 g/mol. The smallest absolute Gasteiger partial charge is 0.321 e. The second-order valence-electron chi connectivity index (χ2n) is 3.48. The van der Waals surface area contributed by atoms with Gasteiger partial charge in [-0.3, -0.25) is 4.79 Å². The Balaban J connectivity index is 2.94. The van der Waals surface area contributed by atoms with E-state index in [1.54, 1.807) is 0 Å². The lowest BCUT2D eigenvalue weighted by Crippen LogP contribution is -2.41. The molecule has 1 atom stereocenters. The van der Waals surface area contributed by atoms with Gasteiger partial charge < -0.3 is 9.84 Å². The number of aliphatic carboxylic acids is 1. The maximum atomic E-state index is 12.0. The quantitative estimate of drug-likeness (QED) is 0.784. The lowest BCUT2D eigenvalue weighted by molar-refractivity contribution is -0.139. The highest BCUT2D eigenvalue weighted by atomic mass is 35.5. The molecule has 0 aliphatic heterocycles. The van der Waals surface area contributed by atoms with Gasteiger partial charge in [-0.15, -0.1) is 11.3 Å². The molecule has 0 saturated heterocycles. The lowest BCUT2D eigenvalue weighted by Gasteiger charge is -2.13. The number of sulfonamides is 1. The van der Waals surface area contributed by atoms with E-state index in [9.17, 15) is 13.2 Å². The molecule has 2 N–H and O–H groups in total. The minimum atomic E-state index is -4.04. The van der Waals surface area contributed by atoms with Crippen LogP contribution in [0.2, 0.25) is 8.67 Å². The minimum Gasteiger partial charge on any atom is -0.480 e. The van der Waals surface area contributed by atoms with Gasteiger partial charge in [0, 0.05) is 13.7 Å². The van der Waals surface area contributed by atoms with E-state index in [1.807, 2.05) is 0 Å². The predicted molar refractivity (Wildman–Crippen MR) is 72.6 cm³/mol. The molecule has 0 fully saturated rings. The van der Waals surface area contributed by atoms with Crippen molar-refractivity contribution in [2.75, 3.05) is 13.7 Å². The third kappa shape index (κ3) is 4.59. The number of hydrogen-bond donors (Lipinski definition) is 2. The summed E-state index contributed by atoms with van der Waals surface area (Å²) in [6.07, 6.45) is 0.000547. The summed E-state index contributed by atoms with van der Waals surface area (Å²) in [5.74, 6) is -1.29. The summed E-state index contributed by atoms with van der Waals surface area (Å²) in [5, 5.41) is 8.95. The summed E-state index contributed by atoms with van der Waals surface area (Å²) in [5.41, 5.74) is 0. The Kier molecular flexibility index (Phi) is 6.03. The van der Waals surface area contributed by atoms with Gasteiger partial charge in [-0.25, -0.2) is 8.42 Å². The van der Waals surface area contributed by atoms with Crippen molar-refractivity contribution in [1.29, 1.82) is 0 Å². The summed E-state index contributed by atoms with van der Waals surface area (Å²) in [6, 6.07) is -0.119. The molecule has 0 amide bonds. The number of carboxylic acids is 1. The van der Waals surface area contributed by atoms with Crippen LogP contribution in [0.5, 0.6) is 0 Å². The molecular formula is C9H11Cl2NO5S2. The highest BCUT2D eigenvalue weighted by Gasteiger charge is 2.28. The molecule has 0 aliphatic carbocycles. The molecule has 10 heteroatoms. The molecule has 1 aromatic heterocycles. The number of carbonyl (C=O) groups is 1. The first-order valence-corrected chi connectivity index (χ1v) is 8.02. The molecule has 0 spiro atoms. The minimum absolute atomic E-state index is 0.000547. The molecule has 1 rings (SSSR count). The highest BCUT2D eigenvalue weighted by Crippen LogP contribution is 2.34. The van der Waals surface area contributed by atoms with Gasteiger partial charge in [-0.1, -0.05) is 23.2 Å². The molecule has 108 valence electrons. The standard InChI is InChI=1S/C9H11Cl2NO5S2/c1-17-3-2-5(9(13)14)12-19(15,16)6-4-7(10)18-8(6)11/h4-5,12H,2-3H2,1H3,(H,13,14). The van der Waals surface area contributed by atoms with Crippen molar-refractivity contribution in [1.82, 2.24) is 4.72 Å². The maximum Gasteiger partial charge on any atom is 0.321 e. The van der Waals surface area contributed by atoms with Crippen molar-refractivity contribution in [3.05, 3.63) is 14.7 Å². The van der Waals surface area contributed by atoms with Crippen LogP contribution >= 0.6 is 34.5 Å².